The molecule has 1 aromatic carbocycles. The van der Waals surface area contributed by atoms with Crippen LogP contribution in [0.2, 0.25) is 0 Å². The molecule has 0 bridgehead atoms. The van der Waals surface area contributed by atoms with Crippen LogP contribution in [0.5, 0.6) is 5.75 Å². The lowest BCUT2D eigenvalue weighted by Crippen LogP contribution is -3.15. The van der Waals surface area contributed by atoms with Crippen molar-refractivity contribution in [1.82, 2.24) is 0 Å². The number of hydrogen-bond donors (Lipinski definition) is 1. The topological polar surface area (TPSA) is 43.9 Å². The number of fused-ring (bicyclic) bond motifs is 3. The number of benzene rings is 1. The van der Waals surface area contributed by atoms with Crippen molar-refractivity contribution in [3.05, 3.63) is 39.7 Å². The van der Waals surface area contributed by atoms with Gasteiger partial charge in [-0.05, 0) is 49.8 Å². The van der Waals surface area contributed by atoms with Crippen LogP contribution in [0.3, 0.4) is 0 Å². The summed E-state index contributed by atoms with van der Waals surface area (Å²) in [5, 5.41) is 1.05. The Kier molecular flexibility index (Phi) is 3.41. The molecule has 0 spiro atoms. The normalized spacial score (nSPS) is 21.8. The summed E-state index contributed by atoms with van der Waals surface area (Å²) in [6.45, 7) is 3.69. The van der Waals surface area contributed by atoms with Crippen molar-refractivity contribution in [1.29, 1.82) is 0 Å². The minimum absolute atomic E-state index is 0.259. The van der Waals surface area contributed by atoms with Gasteiger partial charge in [-0.25, -0.2) is 4.79 Å². The lowest BCUT2D eigenvalue weighted by molar-refractivity contribution is -0.955. The Bertz CT molecular complexity index is 759. The van der Waals surface area contributed by atoms with Crippen molar-refractivity contribution in [2.24, 2.45) is 0 Å². The third-order valence-corrected chi connectivity index (χ3v) is 5.19. The van der Waals surface area contributed by atoms with Crippen LogP contribution in [-0.2, 0) is 13.0 Å². The van der Waals surface area contributed by atoms with Gasteiger partial charge < -0.3 is 9.15 Å². The van der Waals surface area contributed by atoms with E-state index in [1.54, 1.807) is 6.07 Å². The highest BCUT2D eigenvalue weighted by Gasteiger charge is 2.32. The number of quaternary nitrogens is 1. The van der Waals surface area contributed by atoms with Gasteiger partial charge in [0.25, 0.3) is 0 Å². The number of nitrogens with one attached hydrogen (secondary N) is 1. The van der Waals surface area contributed by atoms with Crippen molar-refractivity contribution in [3.63, 3.8) is 0 Å². The lowest BCUT2D eigenvalue weighted by atomic mass is 10.0. The van der Waals surface area contributed by atoms with Crippen LogP contribution in [0.4, 0.5) is 0 Å². The molecule has 2 aromatic rings. The van der Waals surface area contributed by atoms with E-state index < -0.39 is 0 Å². The molecule has 0 radical (unpaired) electrons. The van der Waals surface area contributed by atoms with E-state index in [0.717, 1.165) is 47.5 Å². The summed E-state index contributed by atoms with van der Waals surface area (Å²) in [7, 11) is 0. The quantitative estimate of drug-likeness (QED) is 0.863. The fourth-order valence-corrected chi connectivity index (χ4v) is 3.97. The van der Waals surface area contributed by atoms with Gasteiger partial charge in [-0.1, -0.05) is 6.92 Å². The van der Waals surface area contributed by atoms with Crippen molar-refractivity contribution in [2.45, 2.75) is 51.6 Å². The molecule has 0 saturated heterocycles. The minimum Gasteiger partial charge on any atom is -0.445 e. The molecule has 116 valence electrons. The molecule has 4 rings (SSSR count). The van der Waals surface area contributed by atoms with E-state index in [-0.39, 0.29) is 5.63 Å². The van der Waals surface area contributed by atoms with E-state index in [9.17, 15) is 4.79 Å². The average molecular weight is 300 g/mol. The molecule has 1 atom stereocenters. The third kappa shape index (κ3) is 2.22. The van der Waals surface area contributed by atoms with Gasteiger partial charge >= 0.3 is 5.63 Å². The van der Waals surface area contributed by atoms with Gasteiger partial charge in [-0.15, -0.1) is 0 Å². The summed E-state index contributed by atoms with van der Waals surface area (Å²) in [6.07, 6.45) is 6.05. The fraction of sp³-hybridized carbons (Fsp3) is 0.500. The molecule has 1 aliphatic heterocycles. The van der Waals surface area contributed by atoms with Crippen LogP contribution >= 0.6 is 0 Å². The smallest absolute Gasteiger partial charge is 0.336 e. The van der Waals surface area contributed by atoms with Crippen molar-refractivity contribution >= 4 is 11.0 Å². The summed E-state index contributed by atoms with van der Waals surface area (Å²) < 4.78 is 11.5. The van der Waals surface area contributed by atoms with Crippen molar-refractivity contribution in [3.8, 4) is 5.75 Å². The van der Waals surface area contributed by atoms with Crippen LogP contribution in [-0.4, -0.2) is 12.8 Å². The average Bonchev–Trinajstić information content (AvgIpc) is 3.08. The zero-order valence-electron chi connectivity index (χ0n) is 13.0. The maximum Gasteiger partial charge on any atom is 0.336 e. The number of hydrogen-bond acceptors (Lipinski definition) is 3. The summed E-state index contributed by atoms with van der Waals surface area (Å²) in [6, 6.07) is 6.35. The van der Waals surface area contributed by atoms with Gasteiger partial charge in [0.2, 0.25) is 6.73 Å². The predicted octanol–water partition coefficient (Wildman–Crippen LogP) is 2.03. The van der Waals surface area contributed by atoms with E-state index in [2.05, 4.69) is 6.92 Å². The van der Waals surface area contributed by atoms with Gasteiger partial charge in [-0.3, -0.25) is 4.90 Å². The van der Waals surface area contributed by atoms with Crippen LogP contribution < -0.4 is 15.3 Å². The molecule has 1 aromatic heterocycles. The van der Waals surface area contributed by atoms with Crippen molar-refractivity contribution in [2.75, 3.05) is 6.73 Å². The minimum atomic E-state index is -0.259. The molecule has 22 heavy (non-hydrogen) atoms. The summed E-state index contributed by atoms with van der Waals surface area (Å²) in [5.41, 5.74) is 2.60. The highest BCUT2D eigenvalue weighted by Crippen LogP contribution is 2.30. The first kappa shape index (κ1) is 13.8. The molecular formula is C18H22NO3+. The van der Waals surface area contributed by atoms with Gasteiger partial charge in [0.1, 0.15) is 12.3 Å². The standard InChI is InChI=1S/C18H21NO3/c1-2-12-9-17(20)22-18-14(12)7-8-16-15(18)10-19(11-21-16)13-5-3-4-6-13/h7-9,13H,2-6,10-11H2,1H3/p+1. The molecule has 1 unspecified atom stereocenters. The van der Waals surface area contributed by atoms with E-state index >= 15 is 0 Å². The Balaban J connectivity index is 1.81. The van der Waals surface area contributed by atoms with Crippen LogP contribution in [0, 0.1) is 0 Å². The largest absolute Gasteiger partial charge is 0.445 e. The van der Waals surface area contributed by atoms with E-state index in [1.165, 1.54) is 30.6 Å². The van der Waals surface area contributed by atoms with Crippen LogP contribution in [0.25, 0.3) is 11.0 Å². The lowest BCUT2D eigenvalue weighted by Gasteiger charge is -2.30. The molecule has 1 aliphatic carbocycles. The number of aryl methyl sites for hydroxylation is 1. The highest BCUT2D eigenvalue weighted by atomic mass is 16.5. The van der Waals surface area contributed by atoms with E-state index in [4.69, 9.17) is 9.15 Å². The molecule has 4 nitrogen and oxygen atoms in total. The summed E-state index contributed by atoms with van der Waals surface area (Å²) in [4.78, 5) is 13.3. The Labute approximate surface area is 129 Å². The second-order valence-electron chi connectivity index (χ2n) is 6.47. The van der Waals surface area contributed by atoms with Crippen LogP contribution in [0.15, 0.2) is 27.4 Å². The van der Waals surface area contributed by atoms with Crippen LogP contribution in [0.1, 0.15) is 43.7 Å². The highest BCUT2D eigenvalue weighted by molar-refractivity contribution is 5.85. The first-order chi connectivity index (χ1) is 10.8. The maximum absolute atomic E-state index is 11.9. The Morgan fingerprint density at radius 3 is 2.86 bits per heavy atom. The molecule has 1 N–H and O–H groups in total. The number of ether oxygens (including phenoxy) is 1. The summed E-state index contributed by atoms with van der Waals surface area (Å²) in [5.74, 6) is 0.880. The molecule has 2 aliphatic rings. The third-order valence-electron chi connectivity index (χ3n) is 5.19. The number of rotatable bonds is 2. The SMILES string of the molecule is CCc1cc(=O)oc2c3c(ccc12)OC[NH+](C1CCCC1)C3. The van der Waals surface area contributed by atoms with Gasteiger partial charge in [0, 0.05) is 11.5 Å². The van der Waals surface area contributed by atoms with Gasteiger partial charge in [-0.2, -0.15) is 0 Å². The molecule has 0 amide bonds. The zero-order valence-corrected chi connectivity index (χ0v) is 13.0. The first-order valence-corrected chi connectivity index (χ1v) is 8.32. The first-order valence-electron chi connectivity index (χ1n) is 8.32. The van der Waals surface area contributed by atoms with E-state index in [1.807, 2.05) is 12.1 Å². The summed E-state index contributed by atoms with van der Waals surface area (Å²) >= 11 is 0. The van der Waals surface area contributed by atoms with Crippen molar-refractivity contribution < 1.29 is 14.1 Å². The molecule has 1 saturated carbocycles. The maximum atomic E-state index is 11.9. The Morgan fingerprint density at radius 1 is 1.27 bits per heavy atom. The Morgan fingerprint density at radius 2 is 2.09 bits per heavy atom. The molecule has 4 heteroatoms. The monoisotopic (exact) mass is 300 g/mol. The molecular weight excluding hydrogens is 278 g/mol. The van der Waals surface area contributed by atoms with E-state index in [0.29, 0.717) is 6.04 Å². The predicted molar refractivity (Wildman–Crippen MR) is 84.3 cm³/mol. The molecule has 1 fully saturated rings. The second kappa shape index (κ2) is 5.43. The second-order valence-corrected chi connectivity index (χ2v) is 6.47. The Hall–Kier alpha value is -1.81. The fourth-order valence-electron chi connectivity index (χ4n) is 3.97. The van der Waals surface area contributed by atoms with Gasteiger partial charge in [0.15, 0.2) is 5.58 Å². The molecule has 2 heterocycles. The van der Waals surface area contributed by atoms with Gasteiger partial charge in [0.05, 0.1) is 11.6 Å². The zero-order chi connectivity index (χ0) is 15.1.